The Hall–Kier alpha value is -1.79. The third-order valence-electron chi connectivity index (χ3n) is 1.45. The van der Waals surface area contributed by atoms with E-state index in [0.29, 0.717) is 0 Å². The minimum absolute atomic E-state index is 0.802. The largest absolute Gasteiger partial charge is 0.573 e. The van der Waals surface area contributed by atoms with Crippen LogP contribution in [0.5, 0.6) is 5.75 Å². The first-order valence-corrected chi connectivity index (χ1v) is 3.65. The van der Waals surface area contributed by atoms with Crippen molar-refractivity contribution in [3.8, 4) is 5.75 Å². The van der Waals surface area contributed by atoms with E-state index >= 15 is 0 Å². The van der Waals surface area contributed by atoms with Gasteiger partial charge in [0.2, 0.25) is 0 Å². The van der Waals surface area contributed by atoms with Crippen LogP contribution in [0.1, 0.15) is 10.4 Å². The van der Waals surface area contributed by atoms with Crippen LogP contribution in [-0.4, -0.2) is 12.3 Å². The van der Waals surface area contributed by atoms with E-state index < -0.39 is 29.4 Å². The molecule has 0 aliphatic carbocycles. The van der Waals surface area contributed by atoms with Crippen molar-refractivity contribution in [3.05, 3.63) is 29.6 Å². The molecule has 0 bridgehead atoms. The lowest BCUT2D eigenvalue weighted by molar-refractivity contribution is -0.274. The highest BCUT2D eigenvalue weighted by atomic mass is 19.4. The second kappa shape index (κ2) is 3.76. The zero-order valence-electron chi connectivity index (χ0n) is 7.14. The van der Waals surface area contributed by atoms with E-state index in [1.807, 2.05) is 0 Å². The van der Waals surface area contributed by atoms with Gasteiger partial charge in [-0.05, 0) is 12.1 Å². The van der Waals surface area contributed by atoms with Crippen molar-refractivity contribution in [2.24, 2.45) is 5.73 Å². The second-order valence-electron chi connectivity index (χ2n) is 2.53. The first kappa shape index (κ1) is 11.3. The smallest absolute Gasteiger partial charge is 0.405 e. The van der Waals surface area contributed by atoms with Crippen molar-refractivity contribution in [3.63, 3.8) is 0 Å². The Morgan fingerprint density at radius 2 is 1.93 bits per heavy atom. The van der Waals surface area contributed by atoms with Gasteiger partial charge < -0.3 is 10.5 Å². The molecule has 0 fully saturated rings. The zero-order valence-corrected chi connectivity index (χ0v) is 7.14. The molecule has 1 aromatic rings. The molecule has 0 aromatic heterocycles. The topological polar surface area (TPSA) is 52.3 Å². The fraction of sp³-hybridized carbons (Fsp3) is 0.125. The molecule has 15 heavy (non-hydrogen) atoms. The van der Waals surface area contributed by atoms with Crippen LogP contribution in [0.25, 0.3) is 0 Å². The van der Waals surface area contributed by atoms with Gasteiger partial charge in [0, 0.05) is 0 Å². The van der Waals surface area contributed by atoms with E-state index in [-0.39, 0.29) is 0 Å². The van der Waals surface area contributed by atoms with Crippen molar-refractivity contribution in [2.75, 3.05) is 0 Å². The maximum Gasteiger partial charge on any atom is 0.573 e. The summed E-state index contributed by atoms with van der Waals surface area (Å²) in [5.74, 6) is -3.44. The molecule has 0 aliphatic heterocycles. The van der Waals surface area contributed by atoms with Gasteiger partial charge in [0.25, 0.3) is 5.91 Å². The molecule has 1 aromatic carbocycles. The normalized spacial score (nSPS) is 11.2. The molecule has 0 aliphatic rings. The number of rotatable bonds is 2. The van der Waals surface area contributed by atoms with E-state index in [2.05, 4.69) is 4.74 Å². The number of nitrogens with two attached hydrogens (primary N) is 1. The Morgan fingerprint density at radius 3 is 2.40 bits per heavy atom. The molecular formula is C8H5F4NO2. The monoisotopic (exact) mass is 223 g/mol. The fourth-order valence-electron chi connectivity index (χ4n) is 0.953. The molecule has 3 nitrogen and oxygen atoms in total. The van der Waals surface area contributed by atoms with Gasteiger partial charge in [0.05, 0.1) is 0 Å². The third-order valence-corrected chi connectivity index (χ3v) is 1.45. The van der Waals surface area contributed by atoms with Crippen molar-refractivity contribution in [1.82, 2.24) is 0 Å². The van der Waals surface area contributed by atoms with Crippen molar-refractivity contribution in [2.45, 2.75) is 6.36 Å². The Morgan fingerprint density at radius 1 is 1.33 bits per heavy atom. The molecule has 0 radical (unpaired) electrons. The van der Waals surface area contributed by atoms with Gasteiger partial charge in [-0.25, -0.2) is 4.39 Å². The minimum atomic E-state index is -5.00. The molecule has 0 heterocycles. The Kier molecular flexibility index (Phi) is 2.83. The summed E-state index contributed by atoms with van der Waals surface area (Å²) in [7, 11) is 0. The maximum atomic E-state index is 12.9. The highest BCUT2D eigenvalue weighted by molar-refractivity contribution is 5.95. The average Bonchev–Trinajstić information content (AvgIpc) is 1.99. The molecule has 1 rings (SSSR count). The molecule has 1 amide bonds. The summed E-state index contributed by atoms with van der Waals surface area (Å²) in [6.45, 7) is 0. The van der Waals surface area contributed by atoms with Gasteiger partial charge in [-0.3, -0.25) is 4.79 Å². The summed E-state index contributed by atoms with van der Waals surface area (Å²) in [5.41, 5.74) is 3.79. The van der Waals surface area contributed by atoms with E-state index in [9.17, 15) is 22.4 Å². The van der Waals surface area contributed by atoms with E-state index in [1.54, 1.807) is 0 Å². The van der Waals surface area contributed by atoms with Gasteiger partial charge in [-0.1, -0.05) is 6.07 Å². The third kappa shape index (κ3) is 2.83. The molecule has 0 saturated heterocycles. The Balaban J connectivity index is 3.18. The van der Waals surface area contributed by atoms with Crippen LogP contribution < -0.4 is 10.5 Å². The van der Waals surface area contributed by atoms with Crippen molar-refractivity contribution < 1.29 is 27.1 Å². The number of primary amides is 1. The average molecular weight is 223 g/mol. The van der Waals surface area contributed by atoms with E-state index in [4.69, 9.17) is 5.73 Å². The van der Waals surface area contributed by atoms with E-state index in [1.165, 1.54) is 0 Å². The Labute approximate surface area is 81.4 Å². The molecule has 7 heteroatoms. The predicted octanol–water partition coefficient (Wildman–Crippen LogP) is 1.82. The molecule has 2 N–H and O–H groups in total. The summed E-state index contributed by atoms with van der Waals surface area (Å²) in [6.07, 6.45) is -5.00. The predicted molar refractivity (Wildman–Crippen MR) is 41.6 cm³/mol. The van der Waals surface area contributed by atoms with Crippen LogP contribution in [0.4, 0.5) is 17.6 Å². The number of hydrogen-bond acceptors (Lipinski definition) is 2. The molecule has 0 spiro atoms. The SMILES string of the molecule is NC(=O)c1c(F)cccc1OC(F)(F)F. The highest BCUT2D eigenvalue weighted by Crippen LogP contribution is 2.27. The van der Waals surface area contributed by atoms with Crippen molar-refractivity contribution >= 4 is 5.91 Å². The van der Waals surface area contributed by atoms with Gasteiger partial charge in [-0.15, -0.1) is 13.2 Å². The van der Waals surface area contributed by atoms with Crippen LogP contribution in [0.2, 0.25) is 0 Å². The quantitative estimate of drug-likeness (QED) is 0.777. The van der Waals surface area contributed by atoms with Crippen LogP contribution in [0.3, 0.4) is 0 Å². The number of alkyl halides is 3. The molecule has 0 unspecified atom stereocenters. The summed E-state index contributed by atoms with van der Waals surface area (Å²) < 4.78 is 51.8. The number of benzene rings is 1. The van der Waals surface area contributed by atoms with Crippen LogP contribution in [0.15, 0.2) is 18.2 Å². The lowest BCUT2D eigenvalue weighted by Crippen LogP contribution is -2.21. The first-order valence-electron chi connectivity index (χ1n) is 3.65. The zero-order chi connectivity index (χ0) is 11.6. The standard InChI is InChI=1S/C8H5F4NO2/c9-4-2-1-3-5(6(4)7(13)14)15-8(10,11)12/h1-3H,(H2,13,14). The summed E-state index contributed by atoms with van der Waals surface area (Å²) >= 11 is 0. The van der Waals surface area contributed by atoms with Gasteiger partial charge in [0.15, 0.2) is 0 Å². The van der Waals surface area contributed by atoms with Crippen LogP contribution in [0, 0.1) is 5.82 Å². The number of carbonyl (C=O) groups excluding carboxylic acids is 1. The number of halogens is 4. The fourth-order valence-corrected chi connectivity index (χ4v) is 0.953. The molecular weight excluding hydrogens is 218 g/mol. The van der Waals surface area contributed by atoms with Gasteiger partial charge in [-0.2, -0.15) is 0 Å². The minimum Gasteiger partial charge on any atom is -0.405 e. The van der Waals surface area contributed by atoms with E-state index in [0.717, 1.165) is 18.2 Å². The maximum absolute atomic E-state index is 12.9. The number of carbonyl (C=O) groups is 1. The second-order valence-corrected chi connectivity index (χ2v) is 2.53. The van der Waals surface area contributed by atoms with Crippen LogP contribution >= 0.6 is 0 Å². The lowest BCUT2D eigenvalue weighted by atomic mass is 10.2. The number of ether oxygens (including phenoxy) is 1. The first-order chi connectivity index (χ1) is 6.81. The van der Waals surface area contributed by atoms with Crippen molar-refractivity contribution in [1.29, 1.82) is 0 Å². The summed E-state index contributed by atoms with van der Waals surface area (Å²) in [5, 5.41) is 0. The number of amides is 1. The lowest BCUT2D eigenvalue weighted by Gasteiger charge is -2.11. The molecule has 0 saturated carbocycles. The number of hydrogen-bond donors (Lipinski definition) is 1. The Bertz CT molecular complexity index is 389. The molecule has 0 atom stereocenters. The van der Waals surface area contributed by atoms with Gasteiger partial charge >= 0.3 is 6.36 Å². The highest BCUT2D eigenvalue weighted by Gasteiger charge is 2.33. The summed E-state index contributed by atoms with van der Waals surface area (Å²) in [4.78, 5) is 10.7. The van der Waals surface area contributed by atoms with Crippen LogP contribution in [-0.2, 0) is 0 Å². The summed E-state index contributed by atoms with van der Waals surface area (Å²) in [6, 6.07) is 2.59. The van der Waals surface area contributed by atoms with Gasteiger partial charge in [0.1, 0.15) is 17.1 Å². The molecule has 82 valence electrons.